The standard InChI is InChI=1S/C25H24Cl2N4O4/c1-34-19-11-16(12-20(14-19)35-2)24(32)29-18-4-6-23(28-15-18)30-7-9-31(10-8-30)25(33)21-5-3-17(26)13-22(21)27/h3-6,11-15H,7-10H2,1-2H3,(H,29,32). The summed E-state index contributed by atoms with van der Waals surface area (Å²) in [4.78, 5) is 33.9. The Hall–Kier alpha value is -3.49. The molecule has 2 heterocycles. The molecular weight excluding hydrogens is 491 g/mol. The summed E-state index contributed by atoms with van der Waals surface area (Å²) in [7, 11) is 3.06. The number of nitrogens with one attached hydrogen (secondary N) is 1. The number of carbonyl (C=O) groups is 2. The number of pyridine rings is 1. The number of methoxy groups -OCH3 is 2. The normalized spacial score (nSPS) is 13.4. The fourth-order valence-corrected chi connectivity index (χ4v) is 4.25. The van der Waals surface area contributed by atoms with Crippen molar-refractivity contribution in [3.63, 3.8) is 0 Å². The second-order valence-corrected chi connectivity index (χ2v) is 8.71. The van der Waals surface area contributed by atoms with Crippen LogP contribution in [0.3, 0.4) is 0 Å². The highest BCUT2D eigenvalue weighted by Gasteiger charge is 2.24. The molecule has 1 N–H and O–H groups in total. The van der Waals surface area contributed by atoms with Gasteiger partial charge in [-0.15, -0.1) is 0 Å². The maximum absolute atomic E-state index is 12.8. The molecule has 4 rings (SSSR count). The van der Waals surface area contributed by atoms with Crippen molar-refractivity contribution < 1.29 is 19.1 Å². The number of aromatic nitrogens is 1. The molecular formula is C25H24Cl2N4O4. The summed E-state index contributed by atoms with van der Waals surface area (Å²) in [5, 5.41) is 3.67. The van der Waals surface area contributed by atoms with Gasteiger partial charge in [0, 0.05) is 42.8 Å². The minimum atomic E-state index is -0.301. The number of amides is 2. The first-order valence-corrected chi connectivity index (χ1v) is 11.6. The second-order valence-electron chi connectivity index (χ2n) is 7.86. The van der Waals surface area contributed by atoms with Gasteiger partial charge in [-0.1, -0.05) is 23.2 Å². The van der Waals surface area contributed by atoms with Gasteiger partial charge in [-0.2, -0.15) is 0 Å². The molecule has 0 aliphatic carbocycles. The molecule has 0 atom stereocenters. The van der Waals surface area contributed by atoms with Crippen molar-refractivity contribution in [1.29, 1.82) is 0 Å². The van der Waals surface area contributed by atoms with E-state index < -0.39 is 0 Å². The zero-order valence-electron chi connectivity index (χ0n) is 19.3. The third-order valence-electron chi connectivity index (χ3n) is 5.67. The van der Waals surface area contributed by atoms with E-state index in [1.807, 2.05) is 6.07 Å². The summed E-state index contributed by atoms with van der Waals surface area (Å²) >= 11 is 12.1. The van der Waals surface area contributed by atoms with Crippen LogP contribution in [0, 0.1) is 0 Å². The number of rotatable bonds is 6. The Morgan fingerprint density at radius 2 is 1.60 bits per heavy atom. The molecule has 1 saturated heterocycles. The quantitative estimate of drug-likeness (QED) is 0.516. The van der Waals surface area contributed by atoms with E-state index in [-0.39, 0.29) is 11.8 Å². The van der Waals surface area contributed by atoms with Gasteiger partial charge in [-0.25, -0.2) is 4.98 Å². The number of piperazine rings is 1. The topological polar surface area (TPSA) is 84.0 Å². The summed E-state index contributed by atoms with van der Waals surface area (Å²) in [5.74, 6) is 1.40. The van der Waals surface area contributed by atoms with E-state index >= 15 is 0 Å². The van der Waals surface area contributed by atoms with Crippen LogP contribution >= 0.6 is 23.2 Å². The number of halogens is 2. The Morgan fingerprint density at radius 3 is 2.17 bits per heavy atom. The maximum atomic E-state index is 12.8. The van der Waals surface area contributed by atoms with Gasteiger partial charge in [0.25, 0.3) is 11.8 Å². The van der Waals surface area contributed by atoms with Crippen LogP contribution in [0.4, 0.5) is 11.5 Å². The monoisotopic (exact) mass is 514 g/mol. The molecule has 2 aromatic carbocycles. The minimum Gasteiger partial charge on any atom is -0.497 e. The lowest BCUT2D eigenvalue weighted by Gasteiger charge is -2.35. The summed E-state index contributed by atoms with van der Waals surface area (Å²) in [6.07, 6.45) is 1.61. The van der Waals surface area contributed by atoms with Gasteiger partial charge >= 0.3 is 0 Å². The van der Waals surface area contributed by atoms with Crippen LogP contribution in [0.15, 0.2) is 54.7 Å². The first-order valence-electron chi connectivity index (χ1n) is 10.9. The van der Waals surface area contributed by atoms with E-state index in [2.05, 4.69) is 15.2 Å². The number of hydrogen-bond donors (Lipinski definition) is 1. The highest BCUT2D eigenvalue weighted by molar-refractivity contribution is 6.36. The van der Waals surface area contributed by atoms with Crippen LogP contribution < -0.4 is 19.7 Å². The predicted octanol–water partition coefficient (Wildman–Crippen LogP) is 4.62. The Bertz CT molecular complexity index is 1210. The highest BCUT2D eigenvalue weighted by atomic mass is 35.5. The third-order valence-corrected chi connectivity index (χ3v) is 6.22. The lowest BCUT2D eigenvalue weighted by Crippen LogP contribution is -2.49. The average Bonchev–Trinajstić information content (AvgIpc) is 2.88. The lowest BCUT2D eigenvalue weighted by atomic mass is 10.1. The van der Waals surface area contributed by atoms with E-state index in [4.69, 9.17) is 32.7 Å². The van der Waals surface area contributed by atoms with Crippen molar-refractivity contribution in [3.05, 3.63) is 75.9 Å². The summed E-state index contributed by atoms with van der Waals surface area (Å²) < 4.78 is 10.4. The van der Waals surface area contributed by atoms with Gasteiger partial charge in [0.05, 0.1) is 36.7 Å². The van der Waals surface area contributed by atoms with Crippen molar-refractivity contribution in [1.82, 2.24) is 9.88 Å². The molecule has 10 heteroatoms. The number of ether oxygens (including phenoxy) is 2. The molecule has 182 valence electrons. The van der Waals surface area contributed by atoms with Gasteiger partial charge in [0.1, 0.15) is 17.3 Å². The molecule has 1 aliphatic heterocycles. The van der Waals surface area contributed by atoms with Crippen molar-refractivity contribution in [2.24, 2.45) is 0 Å². The van der Waals surface area contributed by atoms with Gasteiger partial charge < -0.3 is 24.6 Å². The highest BCUT2D eigenvalue weighted by Crippen LogP contribution is 2.25. The number of hydrogen-bond acceptors (Lipinski definition) is 6. The van der Waals surface area contributed by atoms with E-state index in [0.717, 1.165) is 5.82 Å². The van der Waals surface area contributed by atoms with E-state index in [1.165, 1.54) is 14.2 Å². The molecule has 0 saturated carbocycles. The van der Waals surface area contributed by atoms with Crippen LogP contribution in [0.25, 0.3) is 0 Å². The largest absolute Gasteiger partial charge is 0.497 e. The third kappa shape index (κ3) is 5.78. The zero-order valence-corrected chi connectivity index (χ0v) is 20.8. The number of benzene rings is 2. The van der Waals surface area contributed by atoms with Crippen molar-refractivity contribution >= 4 is 46.5 Å². The average molecular weight is 515 g/mol. The molecule has 35 heavy (non-hydrogen) atoms. The maximum Gasteiger partial charge on any atom is 0.255 e. The van der Waals surface area contributed by atoms with Gasteiger partial charge in [0.15, 0.2) is 0 Å². The molecule has 1 fully saturated rings. The van der Waals surface area contributed by atoms with Gasteiger partial charge in [-0.05, 0) is 42.5 Å². The molecule has 3 aromatic rings. The molecule has 1 aromatic heterocycles. The fourth-order valence-electron chi connectivity index (χ4n) is 3.76. The van der Waals surface area contributed by atoms with Crippen LogP contribution in [0.1, 0.15) is 20.7 Å². The number of anilines is 2. The van der Waals surface area contributed by atoms with Gasteiger partial charge in [0.2, 0.25) is 0 Å². The molecule has 1 aliphatic rings. The van der Waals surface area contributed by atoms with E-state index in [1.54, 1.807) is 53.6 Å². The van der Waals surface area contributed by atoms with E-state index in [0.29, 0.717) is 64.5 Å². The number of carbonyl (C=O) groups excluding carboxylic acids is 2. The Morgan fingerprint density at radius 1 is 0.914 bits per heavy atom. The molecule has 0 radical (unpaired) electrons. The number of nitrogens with zero attached hydrogens (tertiary/aromatic N) is 3. The molecule has 0 spiro atoms. The first kappa shape index (κ1) is 24.6. The van der Waals surface area contributed by atoms with Crippen molar-refractivity contribution in [3.8, 4) is 11.5 Å². The zero-order chi connectivity index (χ0) is 24.9. The Balaban J connectivity index is 1.36. The van der Waals surface area contributed by atoms with Gasteiger partial charge in [-0.3, -0.25) is 9.59 Å². The van der Waals surface area contributed by atoms with Crippen LogP contribution in [0.2, 0.25) is 10.0 Å². The molecule has 2 amide bonds. The first-order chi connectivity index (χ1) is 16.9. The van der Waals surface area contributed by atoms with E-state index in [9.17, 15) is 9.59 Å². The van der Waals surface area contributed by atoms with Crippen LogP contribution in [-0.4, -0.2) is 62.1 Å². The Labute approximate surface area is 213 Å². The minimum absolute atomic E-state index is 0.119. The lowest BCUT2D eigenvalue weighted by molar-refractivity contribution is 0.0746. The predicted molar refractivity (Wildman–Crippen MR) is 136 cm³/mol. The van der Waals surface area contributed by atoms with Crippen LogP contribution in [0.5, 0.6) is 11.5 Å². The van der Waals surface area contributed by atoms with Crippen molar-refractivity contribution in [2.75, 3.05) is 50.6 Å². The fraction of sp³-hybridized carbons (Fsp3) is 0.240. The molecule has 8 nitrogen and oxygen atoms in total. The van der Waals surface area contributed by atoms with Crippen molar-refractivity contribution in [2.45, 2.75) is 0 Å². The SMILES string of the molecule is COc1cc(OC)cc(C(=O)Nc2ccc(N3CCN(C(=O)c4ccc(Cl)cc4Cl)CC3)nc2)c1. The second kappa shape index (κ2) is 10.8. The molecule has 0 bridgehead atoms. The molecule has 0 unspecified atom stereocenters. The summed E-state index contributed by atoms with van der Waals surface area (Å²) in [6, 6.07) is 13.5. The summed E-state index contributed by atoms with van der Waals surface area (Å²) in [5.41, 5.74) is 1.41. The summed E-state index contributed by atoms with van der Waals surface area (Å²) in [6.45, 7) is 2.32. The van der Waals surface area contributed by atoms with Crippen LogP contribution in [-0.2, 0) is 0 Å². The Kier molecular flexibility index (Phi) is 7.63. The smallest absolute Gasteiger partial charge is 0.255 e.